The Balaban J connectivity index is 2.32. The monoisotopic (exact) mass is 273 g/mol. The zero-order valence-corrected chi connectivity index (χ0v) is 11.5. The lowest BCUT2D eigenvalue weighted by atomic mass is 9.62. The van der Waals surface area contributed by atoms with Crippen LogP contribution in [0.15, 0.2) is 0 Å². The highest BCUT2D eigenvalue weighted by Crippen LogP contribution is 2.47. The van der Waals surface area contributed by atoms with Crippen LogP contribution in [0.4, 0.5) is 0 Å². The van der Waals surface area contributed by atoms with Crippen LogP contribution < -0.4 is 5.32 Å². The molecule has 5 nitrogen and oxygen atoms in total. The van der Waals surface area contributed by atoms with Gasteiger partial charge in [-0.15, -0.1) is 0 Å². The molecule has 2 heterocycles. The molecule has 18 heavy (non-hydrogen) atoms. The number of sulfone groups is 1. The highest BCUT2D eigenvalue weighted by atomic mass is 32.2. The molecule has 0 aromatic carbocycles. The Morgan fingerprint density at radius 3 is 2.28 bits per heavy atom. The van der Waals surface area contributed by atoms with E-state index in [0.29, 0.717) is 12.8 Å². The summed E-state index contributed by atoms with van der Waals surface area (Å²) in [6.45, 7) is 3.90. The van der Waals surface area contributed by atoms with Crippen molar-refractivity contribution in [3.05, 3.63) is 0 Å². The summed E-state index contributed by atoms with van der Waals surface area (Å²) >= 11 is 0. The summed E-state index contributed by atoms with van der Waals surface area (Å²) in [6, 6.07) is 0. The van der Waals surface area contributed by atoms with Crippen LogP contribution in [0.1, 0.15) is 33.1 Å². The van der Waals surface area contributed by atoms with Gasteiger partial charge in [-0.1, -0.05) is 13.8 Å². The maximum atomic E-state index is 12.0. The molecule has 0 radical (unpaired) electrons. The summed E-state index contributed by atoms with van der Waals surface area (Å²) in [6.07, 6.45) is 1.13. The van der Waals surface area contributed by atoms with Gasteiger partial charge in [-0.3, -0.25) is 14.9 Å². The number of carbonyl (C=O) groups is 2. The van der Waals surface area contributed by atoms with Crippen LogP contribution >= 0.6 is 0 Å². The molecule has 0 bridgehead atoms. The average Bonchev–Trinajstić information content (AvgIpc) is 2.21. The maximum absolute atomic E-state index is 12.0. The Morgan fingerprint density at radius 1 is 1.22 bits per heavy atom. The second kappa shape index (κ2) is 4.33. The Kier molecular flexibility index (Phi) is 3.25. The fraction of sp³-hybridized carbons (Fsp3) is 0.833. The van der Waals surface area contributed by atoms with Gasteiger partial charge in [-0.2, -0.15) is 0 Å². The molecule has 2 rings (SSSR count). The topological polar surface area (TPSA) is 80.3 Å². The molecule has 0 aromatic heterocycles. The van der Waals surface area contributed by atoms with E-state index in [9.17, 15) is 18.0 Å². The molecule has 1 unspecified atom stereocenters. The van der Waals surface area contributed by atoms with Crippen molar-refractivity contribution in [3.8, 4) is 0 Å². The van der Waals surface area contributed by atoms with Crippen LogP contribution in [-0.2, 0) is 19.4 Å². The van der Waals surface area contributed by atoms with E-state index in [-0.39, 0.29) is 41.6 Å². The van der Waals surface area contributed by atoms with Crippen molar-refractivity contribution >= 4 is 21.7 Å². The van der Waals surface area contributed by atoms with Gasteiger partial charge >= 0.3 is 0 Å². The third-order valence-electron chi connectivity index (χ3n) is 4.21. The van der Waals surface area contributed by atoms with Crippen molar-refractivity contribution in [1.82, 2.24) is 5.32 Å². The zero-order valence-electron chi connectivity index (χ0n) is 10.7. The first-order chi connectivity index (χ1) is 8.26. The first kappa shape index (κ1) is 13.5. The van der Waals surface area contributed by atoms with Crippen LogP contribution in [-0.4, -0.2) is 31.7 Å². The highest BCUT2D eigenvalue weighted by molar-refractivity contribution is 7.91. The van der Waals surface area contributed by atoms with Crippen LogP contribution in [0.25, 0.3) is 0 Å². The lowest BCUT2D eigenvalue weighted by Gasteiger charge is -2.46. The molecule has 2 aliphatic heterocycles. The van der Waals surface area contributed by atoms with Gasteiger partial charge in [-0.25, -0.2) is 8.42 Å². The second-order valence-corrected chi connectivity index (χ2v) is 8.13. The number of nitrogens with one attached hydrogen (secondary N) is 1. The molecule has 2 aliphatic rings. The summed E-state index contributed by atoms with van der Waals surface area (Å²) in [5, 5.41) is 2.38. The minimum absolute atomic E-state index is 0.0940. The number of rotatable bonds is 1. The van der Waals surface area contributed by atoms with Gasteiger partial charge < -0.3 is 0 Å². The summed E-state index contributed by atoms with van der Waals surface area (Å²) < 4.78 is 23.1. The van der Waals surface area contributed by atoms with Crippen LogP contribution in [0.3, 0.4) is 0 Å². The van der Waals surface area contributed by atoms with Gasteiger partial charge in [0.05, 0.1) is 11.5 Å². The van der Waals surface area contributed by atoms with Gasteiger partial charge in [0, 0.05) is 12.3 Å². The zero-order chi connectivity index (χ0) is 13.6. The maximum Gasteiger partial charge on any atom is 0.230 e. The molecule has 1 atom stereocenters. The summed E-state index contributed by atoms with van der Waals surface area (Å²) in [5.74, 6) is -0.463. The Morgan fingerprint density at radius 2 is 1.78 bits per heavy atom. The molecule has 2 fully saturated rings. The van der Waals surface area contributed by atoms with Gasteiger partial charge in [-0.05, 0) is 24.2 Å². The van der Waals surface area contributed by atoms with Gasteiger partial charge in [0.2, 0.25) is 11.8 Å². The normalized spacial score (nSPS) is 30.5. The molecular formula is C12H19NO4S. The lowest BCUT2D eigenvalue weighted by molar-refractivity contribution is -0.146. The van der Waals surface area contributed by atoms with Crippen molar-refractivity contribution in [3.63, 3.8) is 0 Å². The largest absolute Gasteiger partial charge is 0.296 e. The molecular weight excluding hydrogens is 254 g/mol. The van der Waals surface area contributed by atoms with E-state index in [1.165, 1.54) is 0 Å². The third-order valence-corrected chi connectivity index (χ3v) is 5.86. The lowest BCUT2D eigenvalue weighted by Crippen LogP contribution is -2.56. The van der Waals surface area contributed by atoms with E-state index in [0.717, 1.165) is 0 Å². The van der Waals surface area contributed by atoms with Crippen molar-refractivity contribution < 1.29 is 18.0 Å². The number of hydrogen-bond acceptors (Lipinski definition) is 4. The quantitative estimate of drug-likeness (QED) is 0.705. The fourth-order valence-corrected chi connectivity index (χ4v) is 5.05. The summed E-state index contributed by atoms with van der Waals surface area (Å²) in [4.78, 5) is 23.6. The fourth-order valence-electron chi connectivity index (χ4n) is 3.41. The van der Waals surface area contributed by atoms with Gasteiger partial charge in [0.25, 0.3) is 0 Å². The molecule has 2 amide bonds. The third kappa shape index (κ3) is 2.30. The van der Waals surface area contributed by atoms with Crippen LogP contribution in [0.2, 0.25) is 0 Å². The van der Waals surface area contributed by atoms with Crippen molar-refractivity contribution in [2.75, 3.05) is 11.5 Å². The molecule has 6 heteroatoms. The molecule has 2 saturated heterocycles. The molecule has 102 valence electrons. The SMILES string of the molecule is CC(C)C1C(=O)NC(=O)CC12CCS(=O)(=O)CC2. The summed E-state index contributed by atoms with van der Waals surface area (Å²) in [7, 11) is -2.99. The Labute approximate surface area is 107 Å². The highest BCUT2D eigenvalue weighted by Gasteiger charge is 2.51. The minimum Gasteiger partial charge on any atom is -0.296 e. The van der Waals surface area contributed by atoms with Crippen molar-refractivity contribution in [2.24, 2.45) is 17.3 Å². The van der Waals surface area contributed by atoms with E-state index >= 15 is 0 Å². The molecule has 0 saturated carbocycles. The predicted octanol–water partition coefficient (Wildman–Crippen LogP) is 0.500. The van der Waals surface area contributed by atoms with E-state index in [1.54, 1.807) is 0 Å². The smallest absolute Gasteiger partial charge is 0.230 e. The Hall–Kier alpha value is -0.910. The molecule has 1 N–H and O–H groups in total. The Bertz CT molecular complexity index is 466. The number of hydrogen-bond donors (Lipinski definition) is 1. The number of imide groups is 1. The van der Waals surface area contributed by atoms with E-state index in [2.05, 4.69) is 5.32 Å². The molecule has 0 aliphatic carbocycles. The number of carbonyl (C=O) groups excluding carboxylic acids is 2. The molecule has 0 aromatic rings. The van der Waals surface area contributed by atoms with Gasteiger partial charge in [0.15, 0.2) is 0 Å². The van der Waals surface area contributed by atoms with Gasteiger partial charge in [0.1, 0.15) is 9.84 Å². The minimum atomic E-state index is -2.99. The predicted molar refractivity (Wildman–Crippen MR) is 66.4 cm³/mol. The number of amides is 2. The second-order valence-electron chi connectivity index (χ2n) is 5.83. The first-order valence-corrected chi connectivity index (χ1v) is 8.12. The van der Waals surface area contributed by atoms with E-state index in [1.807, 2.05) is 13.8 Å². The van der Waals surface area contributed by atoms with Crippen LogP contribution in [0, 0.1) is 17.3 Å². The molecule has 1 spiro atoms. The van der Waals surface area contributed by atoms with E-state index in [4.69, 9.17) is 0 Å². The number of piperidine rings is 1. The standard InChI is InChI=1S/C12H19NO4S/c1-8(2)10-11(15)13-9(14)7-12(10)3-5-18(16,17)6-4-12/h8,10H,3-7H2,1-2H3,(H,13,14,15). The first-order valence-electron chi connectivity index (χ1n) is 6.30. The van der Waals surface area contributed by atoms with Crippen LogP contribution in [0.5, 0.6) is 0 Å². The summed E-state index contributed by atoms with van der Waals surface area (Å²) in [5.41, 5.74) is -0.446. The van der Waals surface area contributed by atoms with Crippen molar-refractivity contribution in [2.45, 2.75) is 33.1 Å². The van der Waals surface area contributed by atoms with Crippen molar-refractivity contribution in [1.29, 1.82) is 0 Å². The van der Waals surface area contributed by atoms with E-state index < -0.39 is 15.3 Å². The average molecular weight is 273 g/mol.